The number of rotatable bonds is 4. The van der Waals surface area contributed by atoms with Crippen LogP contribution >= 0.6 is 0 Å². The van der Waals surface area contributed by atoms with Crippen molar-refractivity contribution in [2.24, 2.45) is 7.05 Å². The molecular formula is C15H16FN5O. The molecule has 0 unspecified atom stereocenters. The van der Waals surface area contributed by atoms with E-state index >= 15 is 0 Å². The molecule has 0 radical (unpaired) electrons. The molecule has 0 aliphatic carbocycles. The first-order valence-electron chi connectivity index (χ1n) is 6.95. The van der Waals surface area contributed by atoms with Crippen LogP contribution in [-0.2, 0) is 13.6 Å². The van der Waals surface area contributed by atoms with E-state index in [4.69, 9.17) is 0 Å². The van der Waals surface area contributed by atoms with E-state index in [0.29, 0.717) is 18.8 Å². The van der Waals surface area contributed by atoms with Crippen LogP contribution in [0.2, 0.25) is 0 Å². The topological polar surface area (TPSA) is 64.7 Å². The van der Waals surface area contributed by atoms with Crippen LogP contribution in [0.5, 0.6) is 0 Å². The number of hydrogen-bond donors (Lipinski definition) is 1. The van der Waals surface area contributed by atoms with Gasteiger partial charge in [0.2, 0.25) is 0 Å². The number of aromatic nitrogens is 4. The minimum Gasteiger partial charge on any atom is -0.349 e. The maximum atomic E-state index is 13.4. The SMILES string of the molecule is Cc1c(C(=O)NCCn2ccnn2)n(C)c2ccc(F)cc12. The lowest BCUT2D eigenvalue weighted by Crippen LogP contribution is -2.29. The van der Waals surface area contributed by atoms with Gasteiger partial charge in [0, 0.05) is 30.7 Å². The number of hydrogen-bond acceptors (Lipinski definition) is 3. The van der Waals surface area contributed by atoms with Crippen LogP contribution < -0.4 is 5.32 Å². The quantitative estimate of drug-likeness (QED) is 0.797. The molecule has 0 bridgehead atoms. The fraction of sp³-hybridized carbons (Fsp3) is 0.267. The van der Waals surface area contributed by atoms with Crippen LogP contribution in [0.3, 0.4) is 0 Å². The second-order valence-corrected chi connectivity index (χ2v) is 5.12. The molecule has 0 saturated carbocycles. The Kier molecular flexibility index (Phi) is 3.62. The van der Waals surface area contributed by atoms with Crippen LogP contribution in [0.15, 0.2) is 30.6 Å². The van der Waals surface area contributed by atoms with Gasteiger partial charge < -0.3 is 9.88 Å². The number of carbonyl (C=O) groups excluding carboxylic acids is 1. The third kappa shape index (κ3) is 2.45. The number of halogens is 1. The number of aryl methyl sites for hydroxylation is 2. The molecule has 1 amide bonds. The lowest BCUT2D eigenvalue weighted by molar-refractivity contribution is 0.0943. The maximum absolute atomic E-state index is 13.4. The van der Waals surface area contributed by atoms with Crippen molar-refractivity contribution in [2.45, 2.75) is 13.5 Å². The summed E-state index contributed by atoms with van der Waals surface area (Å²) in [5.74, 6) is -0.490. The second-order valence-electron chi connectivity index (χ2n) is 5.12. The highest BCUT2D eigenvalue weighted by Crippen LogP contribution is 2.25. The number of carbonyl (C=O) groups is 1. The summed E-state index contributed by atoms with van der Waals surface area (Å²) >= 11 is 0. The van der Waals surface area contributed by atoms with Crippen LogP contribution in [0.1, 0.15) is 16.1 Å². The van der Waals surface area contributed by atoms with Crippen molar-refractivity contribution >= 4 is 16.8 Å². The summed E-state index contributed by atoms with van der Waals surface area (Å²) in [4.78, 5) is 12.4. The molecule has 0 spiro atoms. The first-order chi connectivity index (χ1) is 10.6. The highest BCUT2D eigenvalue weighted by molar-refractivity contribution is 6.01. The van der Waals surface area contributed by atoms with Gasteiger partial charge in [0.15, 0.2) is 0 Å². The highest BCUT2D eigenvalue weighted by Gasteiger charge is 2.18. The molecule has 6 nitrogen and oxygen atoms in total. The number of fused-ring (bicyclic) bond motifs is 1. The molecule has 22 heavy (non-hydrogen) atoms. The van der Waals surface area contributed by atoms with E-state index < -0.39 is 0 Å². The van der Waals surface area contributed by atoms with Crippen molar-refractivity contribution in [1.29, 1.82) is 0 Å². The predicted molar refractivity (Wildman–Crippen MR) is 80.0 cm³/mol. The summed E-state index contributed by atoms with van der Waals surface area (Å²) < 4.78 is 16.8. The van der Waals surface area contributed by atoms with Crippen LogP contribution in [-0.4, -0.2) is 32.0 Å². The molecular weight excluding hydrogens is 285 g/mol. The van der Waals surface area contributed by atoms with Gasteiger partial charge in [-0.25, -0.2) is 4.39 Å². The Morgan fingerprint density at radius 2 is 2.23 bits per heavy atom. The van der Waals surface area contributed by atoms with Gasteiger partial charge in [0.25, 0.3) is 5.91 Å². The molecule has 1 N–H and O–H groups in total. The predicted octanol–water partition coefficient (Wildman–Crippen LogP) is 1.65. The fourth-order valence-electron chi connectivity index (χ4n) is 2.64. The molecule has 114 valence electrons. The van der Waals surface area contributed by atoms with Crippen molar-refractivity contribution in [2.75, 3.05) is 6.54 Å². The van der Waals surface area contributed by atoms with Gasteiger partial charge in [-0.05, 0) is 30.7 Å². The molecule has 3 rings (SSSR count). The van der Waals surface area contributed by atoms with Crippen LogP contribution in [0.25, 0.3) is 10.9 Å². The van der Waals surface area contributed by atoms with Crippen molar-refractivity contribution < 1.29 is 9.18 Å². The van der Waals surface area contributed by atoms with E-state index in [1.165, 1.54) is 12.1 Å². The average molecular weight is 301 g/mol. The lowest BCUT2D eigenvalue weighted by atomic mass is 10.1. The van der Waals surface area contributed by atoms with Crippen molar-refractivity contribution in [3.05, 3.63) is 47.7 Å². The summed E-state index contributed by atoms with van der Waals surface area (Å²) in [7, 11) is 1.81. The Labute approximate surface area is 126 Å². The molecule has 7 heteroatoms. The number of amides is 1. The zero-order valence-corrected chi connectivity index (χ0v) is 12.4. The second kappa shape index (κ2) is 5.59. The van der Waals surface area contributed by atoms with Gasteiger partial charge in [-0.3, -0.25) is 9.48 Å². The van der Waals surface area contributed by atoms with E-state index in [1.54, 1.807) is 34.8 Å². The van der Waals surface area contributed by atoms with Crippen molar-refractivity contribution in [3.8, 4) is 0 Å². The molecule has 1 aromatic carbocycles. The summed E-state index contributed by atoms with van der Waals surface area (Å²) in [6.45, 7) is 2.81. The lowest BCUT2D eigenvalue weighted by Gasteiger charge is -2.07. The molecule has 0 fully saturated rings. The summed E-state index contributed by atoms with van der Waals surface area (Å²) in [6.07, 6.45) is 3.32. The van der Waals surface area contributed by atoms with E-state index in [1.807, 2.05) is 6.92 Å². The van der Waals surface area contributed by atoms with E-state index in [9.17, 15) is 9.18 Å². The Balaban J connectivity index is 1.81. The van der Waals surface area contributed by atoms with Gasteiger partial charge in [-0.1, -0.05) is 5.21 Å². The highest BCUT2D eigenvalue weighted by atomic mass is 19.1. The fourth-order valence-corrected chi connectivity index (χ4v) is 2.64. The zero-order chi connectivity index (χ0) is 15.7. The van der Waals surface area contributed by atoms with Crippen molar-refractivity contribution in [3.63, 3.8) is 0 Å². The molecule has 0 saturated heterocycles. The third-order valence-corrected chi connectivity index (χ3v) is 3.73. The number of benzene rings is 1. The third-order valence-electron chi connectivity index (χ3n) is 3.73. The summed E-state index contributed by atoms with van der Waals surface area (Å²) in [5, 5.41) is 11.1. The molecule has 0 aliphatic rings. The Hall–Kier alpha value is -2.70. The number of nitrogens with one attached hydrogen (secondary N) is 1. The molecule has 0 aliphatic heterocycles. The smallest absolute Gasteiger partial charge is 0.268 e. The van der Waals surface area contributed by atoms with Gasteiger partial charge in [0.1, 0.15) is 11.5 Å². The minimum atomic E-state index is -0.306. The maximum Gasteiger partial charge on any atom is 0.268 e. The first kappa shape index (κ1) is 14.2. The average Bonchev–Trinajstić information content (AvgIpc) is 3.07. The molecule has 2 aromatic heterocycles. The normalized spacial score (nSPS) is 11.0. The Bertz CT molecular complexity index is 822. The minimum absolute atomic E-state index is 0.184. The van der Waals surface area contributed by atoms with Gasteiger partial charge in [-0.15, -0.1) is 5.10 Å². The first-order valence-corrected chi connectivity index (χ1v) is 6.95. The Morgan fingerprint density at radius 3 is 2.95 bits per heavy atom. The van der Waals surface area contributed by atoms with E-state index in [-0.39, 0.29) is 11.7 Å². The van der Waals surface area contributed by atoms with E-state index in [2.05, 4.69) is 15.6 Å². The standard InChI is InChI=1S/C15H16FN5O/c1-10-12-9-11(16)3-4-13(12)20(2)14(10)15(22)17-5-7-21-8-6-18-19-21/h3-4,6,8-9H,5,7H2,1-2H3,(H,17,22). The molecule has 2 heterocycles. The Morgan fingerprint density at radius 1 is 1.41 bits per heavy atom. The van der Waals surface area contributed by atoms with Crippen LogP contribution in [0, 0.1) is 12.7 Å². The van der Waals surface area contributed by atoms with Crippen LogP contribution in [0.4, 0.5) is 4.39 Å². The van der Waals surface area contributed by atoms with Gasteiger partial charge in [0.05, 0.1) is 12.7 Å². The number of nitrogens with zero attached hydrogens (tertiary/aromatic N) is 4. The monoisotopic (exact) mass is 301 g/mol. The van der Waals surface area contributed by atoms with E-state index in [0.717, 1.165) is 16.5 Å². The van der Waals surface area contributed by atoms with Gasteiger partial charge >= 0.3 is 0 Å². The summed E-state index contributed by atoms with van der Waals surface area (Å²) in [6, 6.07) is 4.54. The van der Waals surface area contributed by atoms with Gasteiger partial charge in [-0.2, -0.15) is 0 Å². The summed E-state index contributed by atoms with van der Waals surface area (Å²) in [5.41, 5.74) is 2.15. The molecule has 3 aromatic rings. The molecule has 0 atom stereocenters. The van der Waals surface area contributed by atoms with Crippen molar-refractivity contribution in [1.82, 2.24) is 24.9 Å². The largest absolute Gasteiger partial charge is 0.349 e. The zero-order valence-electron chi connectivity index (χ0n) is 12.4.